The topological polar surface area (TPSA) is 95.9 Å². The van der Waals surface area contributed by atoms with Crippen molar-refractivity contribution < 1.29 is 24.5 Å². The number of benzene rings is 2. The maximum Gasteiger partial charge on any atom is 0.414 e. The minimum absolute atomic E-state index is 0.743. The van der Waals surface area contributed by atoms with Crippen molar-refractivity contribution in [3.05, 3.63) is 57.6 Å². The van der Waals surface area contributed by atoms with Crippen LogP contribution in [0.4, 0.5) is 5.69 Å². The van der Waals surface area contributed by atoms with Gasteiger partial charge in [0.05, 0.1) is 7.11 Å². The molecule has 0 aromatic heterocycles. The maximum absolute atomic E-state index is 9.10. The molecule has 0 spiro atoms. The summed E-state index contributed by atoms with van der Waals surface area (Å²) in [6.45, 7) is 4.96. The van der Waals surface area contributed by atoms with E-state index in [0.29, 0.717) is 0 Å². The van der Waals surface area contributed by atoms with Crippen molar-refractivity contribution in [2.75, 3.05) is 12.4 Å². The Hall–Kier alpha value is -2.54. The third-order valence-electron chi connectivity index (χ3n) is 3.29. The first-order valence-electron chi connectivity index (χ1n) is 7.34. The Morgan fingerprint density at radius 1 is 1.08 bits per heavy atom. The molecule has 2 aromatic rings. The number of carbonyl (C=O) groups is 2. The summed E-state index contributed by atoms with van der Waals surface area (Å²) >= 11 is 3.49. The van der Waals surface area contributed by atoms with E-state index in [2.05, 4.69) is 59.4 Å². The Bertz CT molecular complexity index is 749. The largest absolute Gasteiger partial charge is 0.496 e. The molecule has 0 amide bonds. The van der Waals surface area contributed by atoms with Gasteiger partial charge in [-0.1, -0.05) is 28.1 Å². The molecule has 0 aliphatic heterocycles. The average molecular weight is 410 g/mol. The van der Waals surface area contributed by atoms with E-state index in [-0.39, 0.29) is 0 Å². The lowest BCUT2D eigenvalue weighted by molar-refractivity contribution is -0.159. The lowest BCUT2D eigenvalue weighted by atomic mass is 10.1. The molecule has 0 fully saturated rings. The smallest absolute Gasteiger partial charge is 0.414 e. The quantitative estimate of drug-likeness (QED) is 0.663. The minimum Gasteiger partial charge on any atom is -0.496 e. The van der Waals surface area contributed by atoms with E-state index < -0.39 is 11.9 Å². The Labute approximate surface area is 154 Å². The summed E-state index contributed by atoms with van der Waals surface area (Å²) < 4.78 is 6.44. The van der Waals surface area contributed by atoms with Crippen molar-refractivity contribution in [1.82, 2.24) is 0 Å². The van der Waals surface area contributed by atoms with Crippen LogP contribution in [0.1, 0.15) is 16.7 Å². The van der Waals surface area contributed by atoms with Gasteiger partial charge in [-0.05, 0) is 49.2 Å². The number of carboxylic acid groups (broad SMARTS) is 2. The van der Waals surface area contributed by atoms with Crippen LogP contribution in [0.3, 0.4) is 0 Å². The third-order valence-corrected chi connectivity index (χ3v) is 3.78. The van der Waals surface area contributed by atoms with Gasteiger partial charge in [0.2, 0.25) is 0 Å². The van der Waals surface area contributed by atoms with Gasteiger partial charge < -0.3 is 20.3 Å². The number of aryl methyl sites for hydroxylation is 2. The molecule has 0 bridgehead atoms. The zero-order valence-electron chi connectivity index (χ0n) is 14.2. The van der Waals surface area contributed by atoms with Crippen LogP contribution in [-0.4, -0.2) is 29.3 Å². The molecule has 25 heavy (non-hydrogen) atoms. The molecule has 0 heterocycles. The van der Waals surface area contributed by atoms with Gasteiger partial charge in [0.1, 0.15) is 5.75 Å². The summed E-state index contributed by atoms with van der Waals surface area (Å²) in [5, 5.41) is 18.3. The van der Waals surface area contributed by atoms with Gasteiger partial charge in [-0.3, -0.25) is 0 Å². The highest BCUT2D eigenvalue weighted by Crippen LogP contribution is 2.25. The summed E-state index contributed by atoms with van der Waals surface area (Å²) in [6.07, 6.45) is 0. The highest BCUT2D eigenvalue weighted by atomic mass is 79.9. The second kappa shape index (κ2) is 9.68. The first-order chi connectivity index (χ1) is 11.7. The lowest BCUT2D eigenvalue weighted by Gasteiger charge is -2.13. The van der Waals surface area contributed by atoms with Gasteiger partial charge in [0, 0.05) is 22.3 Å². The number of nitrogens with one attached hydrogen (secondary N) is 1. The number of aliphatic carboxylic acids is 2. The van der Waals surface area contributed by atoms with E-state index in [1.807, 2.05) is 12.1 Å². The lowest BCUT2D eigenvalue weighted by Crippen LogP contribution is -2.09. The maximum atomic E-state index is 9.10. The Morgan fingerprint density at radius 3 is 2.28 bits per heavy atom. The highest BCUT2D eigenvalue weighted by molar-refractivity contribution is 9.10. The van der Waals surface area contributed by atoms with E-state index in [0.717, 1.165) is 22.3 Å². The average Bonchev–Trinajstić information content (AvgIpc) is 2.56. The van der Waals surface area contributed by atoms with Gasteiger partial charge in [-0.25, -0.2) is 9.59 Å². The van der Waals surface area contributed by atoms with Gasteiger partial charge in [0.25, 0.3) is 0 Å². The molecule has 134 valence electrons. The number of carboxylic acids is 2. The van der Waals surface area contributed by atoms with Gasteiger partial charge in [-0.2, -0.15) is 0 Å². The fourth-order valence-electron chi connectivity index (χ4n) is 2.00. The van der Waals surface area contributed by atoms with Crippen LogP contribution in [0, 0.1) is 13.8 Å². The van der Waals surface area contributed by atoms with Crippen LogP contribution in [0.15, 0.2) is 40.9 Å². The fourth-order valence-corrected chi connectivity index (χ4v) is 2.41. The number of methoxy groups -OCH3 is 1. The molecule has 0 saturated carbocycles. The fraction of sp³-hybridized carbons (Fsp3) is 0.222. The molecule has 0 radical (unpaired) electrons. The van der Waals surface area contributed by atoms with Crippen LogP contribution in [0.2, 0.25) is 0 Å². The van der Waals surface area contributed by atoms with Gasteiger partial charge in [-0.15, -0.1) is 0 Å². The SMILES string of the molecule is COc1ccc(Br)cc1CNc1cc(C)ccc1C.O=C(O)C(=O)O. The van der Waals surface area contributed by atoms with E-state index in [9.17, 15) is 0 Å². The second-order valence-electron chi connectivity index (χ2n) is 5.24. The van der Waals surface area contributed by atoms with Crippen molar-refractivity contribution in [2.24, 2.45) is 0 Å². The number of hydrogen-bond acceptors (Lipinski definition) is 4. The molecule has 0 atom stereocenters. The van der Waals surface area contributed by atoms with Crippen molar-refractivity contribution in [3.63, 3.8) is 0 Å². The van der Waals surface area contributed by atoms with Crippen LogP contribution in [-0.2, 0) is 16.1 Å². The predicted octanol–water partition coefficient (Wildman–Crippen LogP) is 3.84. The molecule has 6 nitrogen and oxygen atoms in total. The zero-order valence-corrected chi connectivity index (χ0v) is 15.8. The molecule has 7 heteroatoms. The summed E-state index contributed by atoms with van der Waals surface area (Å²) in [6, 6.07) is 12.5. The first kappa shape index (κ1) is 20.5. The summed E-state index contributed by atoms with van der Waals surface area (Å²) in [5.41, 5.74) is 4.81. The number of anilines is 1. The number of halogens is 1. The summed E-state index contributed by atoms with van der Waals surface area (Å²) in [5.74, 6) is -2.74. The molecule has 0 unspecified atom stereocenters. The highest BCUT2D eigenvalue weighted by Gasteiger charge is 2.05. The molecular formula is C18H20BrNO5. The number of ether oxygens (including phenoxy) is 1. The van der Waals surface area contributed by atoms with Crippen molar-refractivity contribution >= 4 is 33.6 Å². The van der Waals surface area contributed by atoms with Gasteiger partial charge in [0.15, 0.2) is 0 Å². The standard InChI is InChI=1S/C16H18BrNO.C2H2O4/c1-11-4-5-12(2)15(8-11)18-10-13-9-14(17)6-7-16(13)19-3;3-1(4)2(5)6/h4-9,18H,10H2,1-3H3;(H,3,4)(H,5,6). The molecule has 0 aliphatic carbocycles. The molecule has 3 N–H and O–H groups in total. The summed E-state index contributed by atoms with van der Waals surface area (Å²) in [4.78, 5) is 18.2. The monoisotopic (exact) mass is 409 g/mol. The molecule has 2 rings (SSSR count). The number of rotatable bonds is 4. The van der Waals surface area contributed by atoms with E-state index in [1.165, 1.54) is 16.8 Å². The predicted molar refractivity (Wildman–Crippen MR) is 99.2 cm³/mol. The molecule has 0 saturated heterocycles. The molecule has 2 aromatic carbocycles. The van der Waals surface area contributed by atoms with E-state index in [4.69, 9.17) is 24.5 Å². The first-order valence-corrected chi connectivity index (χ1v) is 8.13. The zero-order chi connectivity index (χ0) is 19.0. The second-order valence-corrected chi connectivity index (χ2v) is 6.15. The van der Waals surface area contributed by atoms with Crippen molar-refractivity contribution in [3.8, 4) is 5.75 Å². The Morgan fingerprint density at radius 2 is 1.72 bits per heavy atom. The Balaban J connectivity index is 0.000000450. The normalized spacial score (nSPS) is 9.60. The van der Waals surface area contributed by atoms with Crippen LogP contribution in [0.5, 0.6) is 5.75 Å². The Kier molecular flexibility index (Phi) is 7.94. The van der Waals surface area contributed by atoms with Crippen molar-refractivity contribution in [1.29, 1.82) is 0 Å². The third kappa shape index (κ3) is 6.84. The van der Waals surface area contributed by atoms with Crippen LogP contribution >= 0.6 is 15.9 Å². The van der Waals surface area contributed by atoms with Crippen molar-refractivity contribution in [2.45, 2.75) is 20.4 Å². The molecular weight excluding hydrogens is 390 g/mol. The molecule has 0 aliphatic rings. The van der Waals surface area contributed by atoms with Crippen LogP contribution < -0.4 is 10.1 Å². The van der Waals surface area contributed by atoms with E-state index in [1.54, 1.807) is 7.11 Å². The van der Waals surface area contributed by atoms with Crippen LogP contribution in [0.25, 0.3) is 0 Å². The van der Waals surface area contributed by atoms with Gasteiger partial charge >= 0.3 is 11.9 Å². The van der Waals surface area contributed by atoms with E-state index >= 15 is 0 Å². The number of hydrogen-bond donors (Lipinski definition) is 3. The minimum atomic E-state index is -1.82. The summed E-state index contributed by atoms with van der Waals surface area (Å²) in [7, 11) is 1.70.